The topological polar surface area (TPSA) is 29.5 Å². The predicted octanol–water partition coefficient (Wildman–Crippen LogP) is 5.34. The number of amides is 1. The number of hydrogen-bond acceptors (Lipinski definition) is 4. The van der Waals surface area contributed by atoms with Crippen molar-refractivity contribution in [2.75, 3.05) is 13.2 Å². The number of carbonyl (C=O) groups excluding carboxylic acids is 1. The van der Waals surface area contributed by atoms with E-state index in [0.29, 0.717) is 18.4 Å². The summed E-state index contributed by atoms with van der Waals surface area (Å²) >= 11 is 7.37. The van der Waals surface area contributed by atoms with Crippen molar-refractivity contribution >= 4 is 40.8 Å². The molecule has 0 heterocycles. The van der Waals surface area contributed by atoms with Gasteiger partial charge in [-0.15, -0.1) is 0 Å². The highest BCUT2D eigenvalue weighted by Gasteiger charge is 2.27. The van der Waals surface area contributed by atoms with Crippen molar-refractivity contribution in [3.8, 4) is 0 Å². The van der Waals surface area contributed by atoms with Crippen LogP contribution in [-0.2, 0) is 21.1 Å². The van der Waals surface area contributed by atoms with Crippen LogP contribution >= 0.6 is 17.0 Å². The zero-order valence-electron chi connectivity index (χ0n) is 14.3. The molecule has 1 rings (SSSR count). The first kappa shape index (κ1) is 20.4. The van der Waals surface area contributed by atoms with E-state index < -0.39 is 5.62 Å². The van der Waals surface area contributed by atoms with Crippen molar-refractivity contribution in [2.24, 2.45) is 0 Å². The second-order valence-electron chi connectivity index (χ2n) is 5.19. The Balaban J connectivity index is 2.91. The molecule has 0 fully saturated rings. The second kappa shape index (κ2) is 10.3. The van der Waals surface area contributed by atoms with E-state index in [0.717, 1.165) is 24.0 Å². The molecule has 0 bridgehead atoms. The number of rotatable bonds is 10. The summed E-state index contributed by atoms with van der Waals surface area (Å²) in [6.07, 6.45) is 3.88. The molecule has 0 aliphatic heterocycles. The summed E-state index contributed by atoms with van der Waals surface area (Å²) in [5.41, 5.74) is -0.0999. The van der Waals surface area contributed by atoms with E-state index in [4.69, 9.17) is 16.3 Å². The first-order valence-electron chi connectivity index (χ1n) is 7.84. The Bertz CT molecular complexity index is 563. The van der Waals surface area contributed by atoms with Gasteiger partial charge in [-0.1, -0.05) is 61.6 Å². The molecule has 2 unspecified atom stereocenters. The molecule has 2 atom stereocenters. The van der Waals surface area contributed by atoms with Crippen molar-refractivity contribution in [1.29, 1.82) is 0 Å². The van der Waals surface area contributed by atoms with Crippen LogP contribution in [0.5, 0.6) is 0 Å². The minimum Gasteiger partial charge on any atom is -0.327 e. The third-order valence-electron chi connectivity index (χ3n) is 3.43. The van der Waals surface area contributed by atoms with E-state index in [1.54, 1.807) is 16.1 Å². The van der Waals surface area contributed by atoms with E-state index in [9.17, 15) is 4.79 Å². The average Bonchev–Trinajstić information content (AvgIpc) is 2.55. The van der Waals surface area contributed by atoms with Crippen molar-refractivity contribution in [1.82, 2.24) is 4.67 Å². The van der Waals surface area contributed by atoms with Crippen LogP contribution in [0.2, 0.25) is 0 Å². The van der Waals surface area contributed by atoms with Gasteiger partial charge in [-0.05, 0) is 43.2 Å². The van der Waals surface area contributed by atoms with E-state index in [1.165, 1.54) is 0 Å². The molecule has 0 aliphatic carbocycles. The van der Waals surface area contributed by atoms with E-state index in [1.807, 2.05) is 38.1 Å². The Hall–Kier alpha value is -0.610. The van der Waals surface area contributed by atoms with Crippen LogP contribution in [0, 0.1) is 0 Å². The van der Waals surface area contributed by atoms with Crippen LogP contribution < -0.4 is 0 Å². The van der Waals surface area contributed by atoms with E-state index in [-0.39, 0.29) is 0 Å². The van der Waals surface area contributed by atoms with Gasteiger partial charge in [0.25, 0.3) is 0 Å². The Kier molecular flexibility index (Phi) is 9.15. The van der Waals surface area contributed by atoms with Gasteiger partial charge in [0.05, 0.1) is 6.61 Å². The molecule has 6 heteroatoms. The molecule has 0 aliphatic rings. The van der Waals surface area contributed by atoms with Crippen LogP contribution in [0.25, 0.3) is 5.57 Å². The molecule has 0 saturated carbocycles. The van der Waals surface area contributed by atoms with Gasteiger partial charge in [-0.3, -0.25) is 9.46 Å². The molecule has 0 radical (unpaired) electrons. The lowest BCUT2D eigenvalue weighted by molar-refractivity contribution is -0.113. The monoisotopic (exact) mass is 371 g/mol. The number of benzene rings is 1. The first-order chi connectivity index (χ1) is 11.0. The summed E-state index contributed by atoms with van der Waals surface area (Å²) in [5.74, 6) is 0. The molecule has 0 N–H and O–H groups in total. The average molecular weight is 372 g/mol. The smallest absolute Gasteiger partial charge is 0.215 e. The highest BCUT2D eigenvalue weighted by molar-refractivity contribution is 8.69. The molecule has 1 amide bonds. The SMILES string of the molecule is CCOP(=S)(SC(C)CC)N(C=O)CC=C(C)c1ccccc1. The Labute approximate surface area is 149 Å². The summed E-state index contributed by atoms with van der Waals surface area (Å²) in [6, 6.07) is 10.1. The largest absolute Gasteiger partial charge is 0.327 e. The molecule has 0 spiro atoms. The third-order valence-corrected chi connectivity index (χ3v) is 10.4. The lowest BCUT2D eigenvalue weighted by atomic mass is 10.1. The molecule has 1 aromatic carbocycles. The van der Waals surface area contributed by atoms with Crippen LogP contribution in [-0.4, -0.2) is 29.5 Å². The van der Waals surface area contributed by atoms with Crippen molar-refractivity contribution in [2.45, 2.75) is 39.4 Å². The summed E-state index contributed by atoms with van der Waals surface area (Å²) in [5, 5.41) is 0.369. The number of hydrogen-bond donors (Lipinski definition) is 0. The zero-order valence-corrected chi connectivity index (χ0v) is 16.8. The molecular weight excluding hydrogens is 345 g/mol. The summed E-state index contributed by atoms with van der Waals surface area (Å²) in [7, 11) is 0. The Morgan fingerprint density at radius 1 is 1.39 bits per heavy atom. The van der Waals surface area contributed by atoms with Gasteiger partial charge in [0.15, 0.2) is 0 Å². The summed E-state index contributed by atoms with van der Waals surface area (Å²) in [6.45, 7) is 9.21. The molecule has 1 aromatic rings. The Morgan fingerprint density at radius 2 is 2.04 bits per heavy atom. The van der Waals surface area contributed by atoms with Crippen molar-refractivity contribution in [3.63, 3.8) is 0 Å². The maximum atomic E-state index is 11.6. The van der Waals surface area contributed by atoms with Crippen LogP contribution in [0.3, 0.4) is 0 Å². The summed E-state index contributed by atoms with van der Waals surface area (Å²) in [4.78, 5) is 11.6. The fraction of sp³-hybridized carbons (Fsp3) is 0.471. The lowest BCUT2D eigenvalue weighted by Gasteiger charge is -2.31. The molecule has 23 heavy (non-hydrogen) atoms. The molecule has 0 aromatic heterocycles. The molecule has 128 valence electrons. The quantitative estimate of drug-likeness (QED) is 0.410. The predicted molar refractivity (Wildman–Crippen MR) is 106 cm³/mol. The maximum Gasteiger partial charge on any atom is 0.215 e. The van der Waals surface area contributed by atoms with Gasteiger partial charge in [0.1, 0.15) is 0 Å². The van der Waals surface area contributed by atoms with Crippen molar-refractivity contribution in [3.05, 3.63) is 42.0 Å². The van der Waals surface area contributed by atoms with Crippen LogP contribution in [0.4, 0.5) is 0 Å². The fourth-order valence-corrected chi connectivity index (χ4v) is 8.48. The standard InChI is InChI=1S/C17H26NO2PS2/c1-5-16(4)23-21(22,20-6-2)18(14-19)13-12-15(3)17-10-8-7-9-11-17/h7-12,14,16H,5-6,13H2,1-4H3. The minimum absolute atomic E-state index is 0.369. The van der Waals surface area contributed by atoms with E-state index in [2.05, 4.69) is 26.0 Å². The number of carbonyl (C=O) groups is 1. The number of nitrogens with zero attached hydrogens (tertiary/aromatic N) is 1. The Morgan fingerprint density at radius 3 is 2.57 bits per heavy atom. The van der Waals surface area contributed by atoms with Gasteiger partial charge in [-0.25, -0.2) is 0 Å². The summed E-state index contributed by atoms with van der Waals surface area (Å²) < 4.78 is 7.51. The second-order valence-corrected chi connectivity index (χ2v) is 12.2. The van der Waals surface area contributed by atoms with Crippen LogP contribution in [0.1, 0.15) is 39.7 Å². The minimum atomic E-state index is -2.38. The van der Waals surface area contributed by atoms with E-state index >= 15 is 0 Å². The first-order valence-corrected chi connectivity index (χ1v) is 12.0. The highest BCUT2D eigenvalue weighted by Crippen LogP contribution is 2.64. The van der Waals surface area contributed by atoms with Gasteiger partial charge >= 0.3 is 0 Å². The fourth-order valence-electron chi connectivity index (χ4n) is 1.88. The lowest BCUT2D eigenvalue weighted by Crippen LogP contribution is -2.20. The van der Waals surface area contributed by atoms with Gasteiger partial charge in [0.2, 0.25) is 12.0 Å². The van der Waals surface area contributed by atoms with Gasteiger partial charge in [0, 0.05) is 11.8 Å². The zero-order chi connectivity index (χ0) is 17.3. The van der Waals surface area contributed by atoms with Crippen LogP contribution in [0.15, 0.2) is 36.4 Å². The molecule has 3 nitrogen and oxygen atoms in total. The van der Waals surface area contributed by atoms with Gasteiger partial charge < -0.3 is 4.52 Å². The maximum absolute atomic E-state index is 11.6. The molecular formula is C17H26NO2PS2. The highest BCUT2D eigenvalue weighted by atomic mass is 32.9. The number of allylic oxidation sites excluding steroid dienone is 1. The van der Waals surface area contributed by atoms with Gasteiger partial charge in [-0.2, -0.15) is 0 Å². The van der Waals surface area contributed by atoms with Crippen molar-refractivity contribution < 1.29 is 9.32 Å². The normalized spacial score (nSPS) is 15.7. The third kappa shape index (κ3) is 6.42. The molecule has 0 saturated heterocycles.